The number of rotatable bonds is 8. The first-order valence-electron chi connectivity index (χ1n) is 7.49. The van der Waals surface area contributed by atoms with Gasteiger partial charge in [0, 0.05) is 26.1 Å². The standard InChI is InChI=1S/C15H27NO4/c1-12(2)6-7-14(17)16(9-8-15(18)19-3)11-13-5-4-10-20-13/h12-13H,4-11H2,1-3H3. The molecule has 1 saturated heterocycles. The Kier molecular flexibility index (Phi) is 7.59. The average Bonchev–Trinajstić information content (AvgIpc) is 2.93. The molecule has 0 bridgehead atoms. The Bertz CT molecular complexity index is 311. The van der Waals surface area contributed by atoms with Gasteiger partial charge in [0.05, 0.1) is 19.6 Å². The normalized spacial score (nSPS) is 18.3. The Balaban J connectivity index is 2.47. The summed E-state index contributed by atoms with van der Waals surface area (Å²) in [7, 11) is 1.37. The molecule has 1 aliphatic rings. The van der Waals surface area contributed by atoms with Crippen molar-refractivity contribution in [1.29, 1.82) is 0 Å². The summed E-state index contributed by atoms with van der Waals surface area (Å²) in [6.07, 6.45) is 3.82. The summed E-state index contributed by atoms with van der Waals surface area (Å²) in [6.45, 7) is 5.99. The van der Waals surface area contributed by atoms with E-state index in [1.807, 2.05) is 0 Å². The third-order valence-corrected chi connectivity index (χ3v) is 3.55. The molecule has 1 amide bonds. The Hall–Kier alpha value is -1.10. The van der Waals surface area contributed by atoms with Crippen molar-refractivity contribution in [3.63, 3.8) is 0 Å². The summed E-state index contributed by atoms with van der Waals surface area (Å²) < 4.78 is 10.2. The number of carbonyl (C=O) groups is 2. The van der Waals surface area contributed by atoms with E-state index in [9.17, 15) is 9.59 Å². The lowest BCUT2D eigenvalue weighted by molar-refractivity contribution is -0.142. The van der Waals surface area contributed by atoms with Crippen LogP contribution in [0.1, 0.15) is 46.0 Å². The van der Waals surface area contributed by atoms with Crippen LogP contribution in [0.5, 0.6) is 0 Å². The largest absolute Gasteiger partial charge is 0.469 e. The first kappa shape index (κ1) is 17.0. The van der Waals surface area contributed by atoms with Gasteiger partial charge in [0.2, 0.25) is 5.91 Å². The number of amides is 1. The number of methoxy groups -OCH3 is 1. The molecule has 1 heterocycles. The maximum Gasteiger partial charge on any atom is 0.307 e. The van der Waals surface area contributed by atoms with Gasteiger partial charge >= 0.3 is 5.97 Å². The van der Waals surface area contributed by atoms with E-state index in [1.54, 1.807) is 4.90 Å². The Labute approximate surface area is 121 Å². The topological polar surface area (TPSA) is 55.8 Å². The van der Waals surface area contributed by atoms with Gasteiger partial charge in [0.1, 0.15) is 0 Å². The van der Waals surface area contributed by atoms with Crippen LogP contribution in [0.15, 0.2) is 0 Å². The van der Waals surface area contributed by atoms with Gasteiger partial charge in [-0.15, -0.1) is 0 Å². The minimum absolute atomic E-state index is 0.109. The Morgan fingerprint density at radius 3 is 2.65 bits per heavy atom. The molecule has 0 radical (unpaired) electrons. The molecule has 20 heavy (non-hydrogen) atoms. The molecule has 116 valence electrons. The fourth-order valence-corrected chi connectivity index (χ4v) is 2.25. The number of hydrogen-bond donors (Lipinski definition) is 0. The van der Waals surface area contributed by atoms with Gasteiger partial charge in [0.25, 0.3) is 0 Å². The molecule has 0 saturated carbocycles. The number of hydrogen-bond acceptors (Lipinski definition) is 4. The van der Waals surface area contributed by atoms with E-state index in [2.05, 4.69) is 18.6 Å². The highest BCUT2D eigenvalue weighted by atomic mass is 16.5. The van der Waals surface area contributed by atoms with Crippen LogP contribution in [0.3, 0.4) is 0 Å². The van der Waals surface area contributed by atoms with Gasteiger partial charge in [-0.2, -0.15) is 0 Å². The fraction of sp³-hybridized carbons (Fsp3) is 0.867. The molecule has 1 rings (SSSR count). The smallest absolute Gasteiger partial charge is 0.307 e. The lowest BCUT2D eigenvalue weighted by Gasteiger charge is -2.25. The molecular formula is C15H27NO4. The molecule has 0 N–H and O–H groups in total. The Morgan fingerprint density at radius 2 is 2.10 bits per heavy atom. The third-order valence-electron chi connectivity index (χ3n) is 3.55. The minimum Gasteiger partial charge on any atom is -0.469 e. The molecule has 0 aromatic rings. The van der Waals surface area contributed by atoms with E-state index in [4.69, 9.17) is 4.74 Å². The second kappa shape index (κ2) is 8.95. The van der Waals surface area contributed by atoms with Gasteiger partial charge in [-0.3, -0.25) is 9.59 Å². The van der Waals surface area contributed by atoms with Crippen LogP contribution in [-0.4, -0.2) is 49.7 Å². The molecule has 5 heteroatoms. The highest BCUT2D eigenvalue weighted by Gasteiger charge is 2.23. The van der Waals surface area contributed by atoms with Crippen LogP contribution in [0.4, 0.5) is 0 Å². The summed E-state index contributed by atoms with van der Waals surface area (Å²) >= 11 is 0. The zero-order valence-electron chi connectivity index (χ0n) is 12.9. The predicted molar refractivity (Wildman–Crippen MR) is 76.3 cm³/mol. The molecular weight excluding hydrogens is 258 g/mol. The zero-order valence-corrected chi connectivity index (χ0v) is 12.9. The summed E-state index contributed by atoms with van der Waals surface area (Å²) in [5, 5.41) is 0. The second-order valence-electron chi connectivity index (χ2n) is 5.73. The SMILES string of the molecule is COC(=O)CCN(CC1CCCO1)C(=O)CCC(C)C. The number of carbonyl (C=O) groups excluding carboxylic acids is 2. The van der Waals surface area contributed by atoms with Crippen LogP contribution in [0.25, 0.3) is 0 Å². The van der Waals surface area contributed by atoms with E-state index >= 15 is 0 Å². The van der Waals surface area contributed by atoms with Crippen LogP contribution >= 0.6 is 0 Å². The number of ether oxygens (including phenoxy) is 2. The lowest BCUT2D eigenvalue weighted by Crippen LogP contribution is -2.38. The predicted octanol–water partition coefficient (Wildman–Crippen LogP) is 1.99. The highest BCUT2D eigenvalue weighted by Crippen LogP contribution is 2.15. The van der Waals surface area contributed by atoms with Crippen molar-refractivity contribution < 1.29 is 19.1 Å². The van der Waals surface area contributed by atoms with Crippen molar-refractivity contribution in [2.45, 2.75) is 52.1 Å². The monoisotopic (exact) mass is 285 g/mol. The number of esters is 1. The first-order valence-corrected chi connectivity index (χ1v) is 7.49. The number of nitrogens with zero attached hydrogens (tertiary/aromatic N) is 1. The van der Waals surface area contributed by atoms with Gasteiger partial charge in [-0.1, -0.05) is 13.8 Å². The Morgan fingerprint density at radius 1 is 1.35 bits per heavy atom. The molecule has 0 aliphatic carbocycles. The van der Waals surface area contributed by atoms with E-state index in [0.29, 0.717) is 25.4 Å². The summed E-state index contributed by atoms with van der Waals surface area (Å²) in [4.78, 5) is 25.3. The van der Waals surface area contributed by atoms with E-state index < -0.39 is 0 Å². The summed E-state index contributed by atoms with van der Waals surface area (Å²) in [5.74, 6) is 0.334. The highest BCUT2D eigenvalue weighted by molar-refractivity contribution is 5.77. The molecule has 1 fully saturated rings. The van der Waals surface area contributed by atoms with Crippen LogP contribution in [0.2, 0.25) is 0 Å². The van der Waals surface area contributed by atoms with Crippen LogP contribution in [-0.2, 0) is 19.1 Å². The molecule has 5 nitrogen and oxygen atoms in total. The molecule has 1 unspecified atom stereocenters. The zero-order chi connectivity index (χ0) is 15.0. The molecule has 1 aliphatic heterocycles. The van der Waals surface area contributed by atoms with Crippen molar-refractivity contribution in [2.75, 3.05) is 26.8 Å². The quantitative estimate of drug-likeness (QED) is 0.640. The molecule has 0 aromatic carbocycles. The average molecular weight is 285 g/mol. The molecule has 1 atom stereocenters. The summed E-state index contributed by atoms with van der Waals surface area (Å²) in [5.41, 5.74) is 0. The van der Waals surface area contributed by atoms with Crippen molar-refractivity contribution in [3.05, 3.63) is 0 Å². The van der Waals surface area contributed by atoms with Crippen molar-refractivity contribution in [1.82, 2.24) is 4.90 Å². The molecule has 0 spiro atoms. The van der Waals surface area contributed by atoms with Crippen LogP contribution < -0.4 is 0 Å². The van der Waals surface area contributed by atoms with Crippen molar-refractivity contribution in [3.8, 4) is 0 Å². The van der Waals surface area contributed by atoms with Crippen molar-refractivity contribution in [2.24, 2.45) is 5.92 Å². The van der Waals surface area contributed by atoms with Gasteiger partial charge < -0.3 is 14.4 Å². The van der Waals surface area contributed by atoms with Gasteiger partial charge in [-0.05, 0) is 25.2 Å². The van der Waals surface area contributed by atoms with Crippen molar-refractivity contribution >= 4 is 11.9 Å². The van der Waals surface area contributed by atoms with Gasteiger partial charge in [-0.25, -0.2) is 0 Å². The van der Waals surface area contributed by atoms with Crippen LogP contribution in [0, 0.1) is 5.92 Å². The van der Waals surface area contributed by atoms with E-state index in [0.717, 1.165) is 25.9 Å². The fourth-order valence-electron chi connectivity index (χ4n) is 2.25. The maximum absolute atomic E-state index is 12.3. The third kappa shape index (κ3) is 6.37. The van der Waals surface area contributed by atoms with E-state index in [-0.39, 0.29) is 24.4 Å². The minimum atomic E-state index is -0.279. The second-order valence-corrected chi connectivity index (χ2v) is 5.73. The molecule has 0 aromatic heterocycles. The first-order chi connectivity index (χ1) is 9.52. The van der Waals surface area contributed by atoms with E-state index in [1.165, 1.54) is 7.11 Å². The lowest BCUT2D eigenvalue weighted by atomic mass is 10.1. The summed E-state index contributed by atoms with van der Waals surface area (Å²) in [6, 6.07) is 0. The maximum atomic E-state index is 12.3. The van der Waals surface area contributed by atoms with Gasteiger partial charge in [0.15, 0.2) is 0 Å².